The third-order valence-corrected chi connectivity index (χ3v) is 6.96. The molecule has 0 aliphatic heterocycles. The molecule has 2 unspecified atom stereocenters. The average molecular weight is 352 g/mol. The van der Waals surface area contributed by atoms with Gasteiger partial charge in [-0.15, -0.1) is 0 Å². The van der Waals surface area contributed by atoms with E-state index in [9.17, 15) is 5.11 Å². The van der Waals surface area contributed by atoms with Crippen molar-refractivity contribution in [2.24, 2.45) is 0 Å². The van der Waals surface area contributed by atoms with Crippen LogP contribution in [0.25, 0.3) is 0 Å². The second-order valence-electron chi connectivity index (χ2n) is 5.97. The van der Waals surface area contributed by atoms with Gasteiger partial charge in [0.05, 0.1) is 0 Å². The molecule has 0 aliphatic carbocycles. The molecule has 0 aliphatic rings. The van der Waals surface area contributed by atoms with Crippen molar-refractivity contribution in [2.75, 3.05) is 0 Å². The Balaban J connectivity index is 1.86. The lowest BCUT2D eigenvalue weighted by Crippen LogP contribution is -2.13. The quantitative estimate of drug-likeness (QED) is 0.684. The van der Waals surface area contributed by atoms with Crippen LogP contribution in [-0.4, -0.2) is 5.11 Å². The van der Waals surface area contributed by atoms with Gasteiger partial charge in [0.2, 0.25) is 0 Å². The highest BCUT2D eigenvalue weighted by Gasteiger charge is 2.10. The highest BCUT2D eigenvalue weighted by atomic mass is 31.1. The minimum Gasteiger partial charge on any atom is -0.507 e. The van der Waals surface area contributed by atoms with Gasteiger partial charge in [-0.1, -0.05) is 77.3 Å². The van der Waals surface area contributed by atoms with Gasteiger partial charge >= 0.3 is 0 Å². The number of phenolic OH excluding ortho intramolecular Hbond substituents is 1. The summed E-state index contributed by atoms with van der Waals surface area (Å²) in [5.74, 6) is 0.402. The second-order valence-corrected chi connectivity index (χ2v) is 8.55. The smallest absolute Gasteiger partial charge is 0.123 e. The predicted octanol–water partition coefficient (Wildman–Crippen LogP) is 4.14. The Morgan fingerprint density at radius 3 is 2.46 bits per heavy atom. The summed E-state index contributed by atoms with van der Waals surface area (Å²) >= 11 is 0. The maximum absolute atomic E-state index is 10.2. The van der Waals surface area contributed by atoms with Gasteiger partial charge in [-0.2, -0.15) is 0 Å². The molecule has 0 bridgehead atoms. The molecule has 0 radical (unpaired) electrons. The van der Waals surface area contributed by atoms with Crippen molar-refractivity contribution in [1.29, 1.82) is 0 Å². The van der Waals surface area contributed by atoms with Crippen LogP contribution in [0.1, 0.15) is 16.7 Å². The van der Waals surface area contributed by atoms with E-state index in [1.807, 2.05) is 6.07 Å². The molecule has 0 fully saturated rings. The van der Waals surface area contributed by atoms with E-state index in [2.05, 4.69) is 68.4 Å². The predicted molar refractivity (Wildman–Crippen MR) is 110 cm³/mol. The summed E-state index contributed by atoms with van der Waals surface area (Å²) in [7, 11) is 1.26. The van der Waals surface area contributed by atoms with Crippen LogP contribution in [0.3, 0.4) is 0 Å². The van der Waals surface area contributed by atoms with Crippen molar-refractivity contribution in [3.8, 4) is 5.75 Å². The molecule has 3 rings (SSSR count). The van der Waals surface area contributed by atoms with Crippen LogP contribution in [-0.2, 0) is 6.16 Å². The van der Waals surface area contributed by atoms with Crippen LogP contribution in [0.15, 0.2) is 66.7 Å². The van der Waals surface area contributed by atoms with Crippen LogP contribution in [0.5, 0.6) is 5.75 Å². The van der Waals surface area contributed by atoms with E-state index in [1.165, 1.54) is 27.3 Å². The molecular weight excluding hydrogens is 330 g/mol. The Morgan fingerprint density at radius 2 is 1.67 bits per heavy atom. The van der Waals surface area contributed by atoms with Crippen molar-refractivity contribution >= 4 is 33.1 Å². The fourth-order valence-electron chi connectivity index (χ4n) is 2.69. The SMILES string of the molecule is Cc1ccc(O)c(Pc2c(C)cccc2CPc2ccccc2)c1. The van der Waals surface area contributed by atoms with Crippen molar-refractivity contribution in [3.63, 3.8) is 0 Å². The summed E-state index contributed by atoms with van der Waals surface area (Å²) in [5.41, 5.74) is 3.90. The fraction of sp³-hybridized carbons (Fsp3) is 0.143. The van der Waals surface area contributed by atoms with E-state index in [0.717, 1.165) is 20.0 Å². The topological polar surface area (TPSA) is 20.2 Å². The lowest BCUT2D eigenvalue weighted by Gasteiger charge is -2.14. The third kappa shape index (κ3) is 4.23. The molecule has 0 spiro atoms. The molecule has 2 atom stereocenters. The second kappa shape index (κ2) is 7.93. The Kier molecular flexibility index (Phi) is 5.67. The Bertz CT molecular complexity index is 828. The van der Waals surface area contributed by atoms with E-state index in [4.69, 9.17) is 0 Å². The number of benzene rings is 3. The van der Waals surface area contributed by atoms with E-state index in [0.29, 0.717) is 14.3 Å². The van der Waals surface area contributed by atoms with E-state index in [1.54, 1.807) is 6.07 Å². The molecule has 0 amide bonds. The molecular formula is C21H22OP2. The molecule has 0 heterocycles. The summed E-state index contributed by atoms with van der Waals surface area (Å²) in [6.45, 7) is 4.24. The van der Waals surface area contributed by atoms with Gasteiger partial charge < -0.3 is 5.11 Å². The van der Waals surface area contributed by atoms with Crippen LogP contribution in [0, 0.1) is 13.8 Å². The van der Waals surface area contributed by atoms with Gasteiger partial charge in [-0.25, -0.2) is 0 Å². The van der Waals surface area contributed by atoms with E-state index >= 15 is 0 Å². The van der Waals surface area contributed by atoms with E-state index < -0.39 is 0 Å². The average Bonchev–Trinajstić information content (AvgIpc) is 2.59. The van der Waals surface area contributed by atoms with Gasteiger partial charge in [0.25, 0.3) is 0 Å². The Hall–Kier alpha value is -1.68. The number of phenols is 1. The fourth-order valence-corrected chi connectivity index (χ4v) is 5.38. The van der Waals surface area contributed by atoms with Gasteiger partial charge in [0.1, 0.15) is 5.75 Å². The number of hydrogen-bond donors (Lipinski definition) is 1. The van der Waals surface area contributed by atoms with Crippen LogP contribution >= 0.6 is 17.2 Å². The summed E-state index contributed by atoms with van der Waals surface area (Å²) in [4.78, 5) is 0. The summed E-state index contributed by atoms with van der Waals surface area (Å²) in [6, 6.07) is 23.1. The van der Waals surface area contributed by atoms with Gasteiger partial charge in [-0.3, -0.25) is 0 Å². The zero-order valence-electron chi connectivity index (χ0n) is 14.0. The third-order valence-electron chi connectivity index (χ3n) is 4.03. The highest BCUT2D eigenvalue weighted by Crippen LogP contribution is 2.26. The molecule has 0 saturated carbocycles. The standard InChI is InChI=1S/C21H22OP2/c1-15-11-12-19(22)20(13-15)24-21-16(2)7-6-8-17(21)14-23-18-9-4-3-5-10-18/h3-13,22-24H,14H2,1-2H3. The van der Waals surface area contributed by atoms with Crippen molar-refractivity contribution in [2.45, 2.75) is 20.0 Å². The molecule has 1 nitrogen and oxygen atoms in total. The molecule has 3 aromatic carbocycles. The molecule has 3 aromatic rings. The summed E-state index contributed by atoms with van der Waals surface area (Å²) in [5, 5.41) is 14.0. The summed E-state index contributed by atoms with van der Waals surface area (Å²) < 4.78 is 0. The molecule has 24 heavy (non-hydrogen) atoms. The number of aryl methyl sites for hydroxylation is 2. The first-order chi connectivity index (χ1) is 11.6. The molecule has 0 aromatic heterocycles. The van der Waals surface area contributed by atoms with Crippen molar-refractivity contribution < 1.29 is 5.11 Å². The number of rotatable bonds is 5. The Morgan fingerprint density at radius 1 is 0.875 bits per heavy atom. The zero-order chi connectivity index (χ0) is 16.9. The normalized spacial score (nSPS) is 11.8. The number of hydrogen-bond acceptors (Lipinski definition) is 1. The monoisotopic (exact) mass is 352 g/mol. The first-order valence-electron chi connectivity index (χ1n) is 8.07. The first-order valence-corrected chi connectivity index (χ1v) is 10.3. The van der Waals surface area contributed by atoms with E-state index in [-0.39, 0.29) is 0 Å². The molecule has 122 valence electrons. The maximum Gasteiger partial charge on any atom is 0.123 e. The van der Waals surface area contributed by atoms with Crippen LogP contribution in [0.2, 0.25) is 0 Å². The van der Waals surface area contributed by atoms with Crippen molar-refractivity contribution in [3.05, 3.63) is 83.4 Å². The summed E-state index contributed by atoms with van der Waals surface area (Å²) in [6.07, 6.45) is 1.06. The lowest BCUT2D eigenvalue weighted by molar-refractivity contribution is 0.479. The molecule has 0 saturated heterocycles. The minimum absolute atomic E-state index is 0.402. The van der Waals surface area contributed by atoms with Gasteiger partial charge in [0.15, 0.2) is 0 Å². The van der Waals surface area contributed by atoms with Crippen LogP contribution < -0.4 is 15.9 Å². The van der Waals surface area contributed by atoms with Gasteiger partial charge in [0, 0.05) is 5.30 Å². The highest BCUT2D eigenvalue weighted by molar-refractivity contribution is 7.56. The molecule has 1 N–H and O–H groups in total. The van der Waals surface area contributed by atoms with Gasteiger partial charge in [-0.05, 0) is 53.9 Å². The first kappa shape index (κ1) is 17.2. The minimum atomic E-state index is 0.402. The van der Waals surface area contributed by atoms with Crippen molar-refractivity contribution in [1.82, 2.24) is 0 Å². The largest absolute Gasteiger partial charge is 0.507 e. The zero-order valence-corrected chi connectivity index (χ0v) is 16.0. The Labute approximate surface area is 147 Å². The lowest BCUT2D eigenvalue weighted by atomic mass is 10.1. The number of aromatic hydroxyl groups is 1. The maximum atomic E-state index is 10.2. The molecule has 3 heteroatoms. The van der Waals surface area contributed by atoms with Crippen LogP contribution in [0.4, 0.5) is 0 Å².